The van der Waals surface area contributed by atoms with Crippen LogP contribution in [-0.2, 0) is 14.4 Å². The molecule has 0 aromatic heterocycles. The van der Waals surface area contributed by atoms with Crippen LogP contribution in [0, 0.1) is 23.7 Å². The number of carbonyl (C=O) groups excluding carboxylic acids is 2. The van der Waals surface area contributed by atoms with E-state index in [2.05, 4.69) is 13.5 Å². The van der Waals surface area contributed by atoms with Gasteiger partial charge in [-0.2, -0.15) is 0 Å². The molecule has 8 heteroatoms. The molecule has 3 unspecified atom stereocenters. The summed E-state index contributed by atoms with van der Waals surface area (Å²) in [4.78, 5) is 44.5. The number of fused-ring (bicyclic) bond motifs is 1. The number of carbonyl (C=O) groups is 3. The molecule has 34 heavy (non-hydrogen) atoms. The molecule has 2 amide bonds. The molecule has 1 saturated carbocycles. The molecule has 0 aromatic rings. The smallest absolute Gasteiger partial charge is 0.308 e. The summed E-state index contributed by atoms with van der Waals surface area (Å²) in [5.74, 6) is -2.77. The Hall–Kier alpha value is -1.54. The maximum atomic E-state index is 14.5. The number of amides is 2. The number of hydrogen-bond donors (Lipinski definition) is 2. The molecule has 3 aliphatic heterocycles. The molecule has 1 spiro atoms. The Bertz CT molecular complexity index is 830. The Labute approximate surface area is 207 Å². The van der Waals surface area contributed by atoms with Crippen molar-refractivity contribution < 1.29 is 24.6 Å². The topological polar surface area (TPSA) is 98.2 Å². The first kappa shape index (κ1) is 25.5. The van der Waals surface area contributed by atoms with Gasteiger partial charge >= 0.3 is 5.97 Å². The van der Waals surface area contributed by atoms with E-state index in [1.54, 1.807) is 22.7 Å². The molecule has 1 aliphatic carbocycles. The third kappa shape index (κ3) is 3.71. The second-order valence-electron chi connectivity index (χ2n) is 10.8. The van der Waals surface area contributed by atoms with Crippen molar-refractivity contribution >= 4 is 29.5 Å². The zero-order valence-corrected chi connectivity index (χ0v) is 21.5. The van der Waals surface area contributed by atoms with E-state index in [-0.39, 0.29) is 41.5 Å². The van der Waals surface area contributed by atoms with Crippen LogP contribution < -0.4 is 0 Å². The van der Waals surface area contributed by atoms with E-state index in [0.717, 1.165) is 32.1 Å². The predicted octanol–water partition coefficient (Wildman–Crippen LogP) is 3.16. The van der Waals surface area contributed by atoms with E-state index in [1.807, 2.05) is 18.7 Å². The number of carboxylic acids is 1. The SMILES string of the molecule is C=CCN(C(=O)C1N([C@@H](CO)[C@@H](C)CC)C(=O)[C@@H]2[C@H](C(=O)O)[C@@H]3CC(C)C12S3)C1CCCCC1. The maximum absolute atomic E-state index is 14.5. The number of aliphatic hydroxyl groups excluding tert-OH is 1. The van der Waals surface area contributed by atoms with Crippen LogP contribution in [0.3, 0.4) is 0 Å². The standard InChI is InChI=1S/C26H40N2O5S/c1-5-12-27(17-10-8-7-9-11-17)24(31)22-26-16(4)13-19(34-26)20(25(32)33)21(26)23(30)28(22)18(14-29)15(3)6-2/h5,15-22,29H,1,6-14H2,2-4H3,(H,32,33)/t15-,16?,18-,19-,20+,21-,22?,26?/m0/s1. The normalized spacial score (nSPS) is 36.9. The lowest BCUT2D eigenvalue weighted by Crippen LogP contribution is -2.61. The number of rotatable bonds is 9. The van der Waals surface area contributed by atoms with Crippen molar-refractivity contribution in [1.82, 2.24) is 9.80 Å². The molecule has 4 rings (SSSR count). The zero-order valence-electron chi connectivity index (χ0n) is 20.7. The minimum atomic E-state index is -0.947. The van der Waals surface area contributed by atoms with Gasteiger partial charge in [0, 0.05) is 17.8 Å². The van der Waals surface area contributed by atoms with Crippen molar-refractivity contribution in [3.63, 3.8) is 0 Å². The Kier molecular flexibility index (Phi) is 7.40. The van der Waals surface area contributed by atoms with Crippen LogP contribution in [-0.4, -0.2) is 79.1 Å². The molecule has 8 atom stereocenters. The van der Waals surface area contributed by atoms with Crippen LogP contribution in [0.15, 0.2) is 12.7 Å². The van der Waals surface area contributed by atoms with Gasteiger partial charge in [-0.25, -0.2) is 0 Å². The lowest BCUT2D eigenvalue weighted by Gasteiger charge is -2.45. The monoisotopic (exact) mass is 492 g/mol. The van der Waals surface area contributed by atoms with Crippen molar-refractivity contribution in [3.8, 4) is 0 Å². The fourth-order valence-corrected chi connectivity index (χ4v) is 9.70. The van der Waals surface area contributed by atoms with E-state index >= 15 is 0 Å². The van der Waals surface area contributed by atoms with Gasteiger partial charge in [0.05, 0.1) is 29.2 Å². The van der Waals surface area contributed by atoms with E-state index in [1.165, 1.54) is 6.42 Å². The quantitative estimate of drug-likeness (QED) is 0.480. The fourth-order valence-electron chi connectivity index (χ4n) is 7.30. The molecule has 2 bridgehead atoms. The minimum Gasteiger partial charge on any atom is -0.481 e. The summed E-state index contributed by atoms with van der Waals surface area (Å²) >= 11 is 1.57. The summed E-state index contributed by atoms with van der Waals surface area (Å²) in [6, 6.07) is -1.16. The molecule has 190 valence electrons. The van der Waals surface area contributed by atoms with Gasteiger partial charge in [0.15, 0.2) is 0 Å². The van der Waals surface area contributed by atoms with Gasteiger partial charge in [0.2, 0.25) is 11.8 Å². The first-order valence-corrected chi connectivity index (χ1v) is 13.9. The van der Waals surface area contributed by atoms with Gasteiger partial charge in [-0.05, 0) is 31.1 Å². The van der Waals surface area contributed by atoms with E-state index in [4.69, 9.17) is 0 Å². The number of aliphatic carboxylic acids is 1. The molecule has 0 aromatic carbocycles. The summed E-state index contributed by atoms with van der Waals surface area (Å²) < 4.78 is -0.767. The van der Waals surface area contributed by atoms with E-state index < -0.39 is 34.6 Å². The van der Waals surface area contributed by atoms with Gasteiger partial charge in [-0.1, -0.05) is 52.5 Å². The number of carboxylic acid groups (broad SMARTS) is 1. The number of aliphatic hydroxyl groups is 1. The molecule has 3 heterocycles. The highest BCUT2D eigenvalue weighted by Gasteiger charge is 2.77. The molecular weight excluding hydrogens is 452 g/mol. The van der Waals surface area contributed by atoms with Crippen molar-refractivity contribution in [3.05, 3.63) is 12.7 Å². The molecule has 4 fully saturated rings. The fraction of sp³-hybridized carbons (Fsp3) is 0.808. The predicted molar refractivity (Wildman–Crippen MR) is 132 cm³/mol. The minimum absolute atomic E-state index is 0.0113. The number of nitrogens with zero attached hydrogens (tertiary/aromatic N) is 2. The third-order valence-electron chi connectivity index (χ3n) is 9.17. The highest BCUT2D eigenvalue weighted by Crippen LogP contribution is 2.69. The van der Waals surface area contributed by atoms with Crippen molar-refractivity contribution in [1.29, 1.82) is 0 Å². The first-order valence-electron chi connectivity index (χ1n) is 13.0. The van der Waals surface area contributed by atoms with Crippen LogP contribution in [0.5, 0.6) is 0 Å². The summed E-state index contributed by atoms with van der Waals surface area (Å²) in [7, 11) is 0. The third-order valence-corrected chi connectivity index (χ3v) is 11.2. The van der Waals surface area contributed by atoms with Gasteiger partial charge in [-0.15, -0.1) is 18.3 Å². The molecule has 4 aliphatic rings. The maximum Gasteiger partial charge on any atom is 0.308 e. The second kappa shape index (κ2) is 9.84. The summed E-state index contributed by atoms with van der Waals surface area (Å²) in [5.41, 5.74) is 0. The van der Waals surface area contributed by atoms with E-state index in [0.29, 0.717) is 13.0 Å². The Morgan fingerprint density at radius 1 is 1.32 bits per heavy atom. The summed E-state index contributed by atoms with van der Waals surface area (Å²) in [5, 5.41) is 20.4. The van der Waals surface area contributed by atoms with E-state index in [9.17, 15) is 24.6 Å². The average molecular weight is 493 g/mol. The first-order chi connectivity index (χ1) is 16.2. The molecular formula is C26H40N2O5S. The van der Waals surface area contributed by atoms with Gasteiger partial charge in [0.1, 0.15) is 6.04 Å². The Morgan fingerprint density at radius 2 is 2.00 bits per heavy atom. The van der Waals surface area contributed by atoms with Crippen molar-refractivity contribution in [2.45, 2.75) is 93.8 Å². The molecule has 2 N–H and O–H groups in total. The van der Waals surface area contributed by atoms with Crippen LogP contribution >= 0.6 is 11.8 Å². The number of thioether (sulfide) groups is 1. The highest BCUT2D eigenvalue weighted by molar-refractivity contribution is 8.02. The number of likely N-dealkylation sites (tertiary alicyclic amines) is 1. The highest BCUT2D eigenvalue weighted by atomic mass is 32.2. The van der Waals surface area contributed by atoms with Gasteiger partial charge in [0.25, 0.3) is 0 Å². The zero-order chi connectivity index (χ0) is 24.8. The van der Waals surface area contributed by atoms with Crippen molar-refractivity contribution in [2.24, 2.45) is 23.7 Å². The van der Waals surface area contributed by atoms with Crippen LogP contribution in [0.25, 0.3) is 0 Å². The molecule has 3 saturated heterocycles. The second-order valence-corrected chi connectivity index (χ2v) is 12.4. The van der Waals surface area contributed by atoms with Gasteiger partial charge in [-0.3, -0.25) is 14.4 Å². The molecule has 7 nitrogen and oxygen atoms in total. The molecule has 0 radical (unpaired) electrons. The van der Waals surface area contributed by atoms with Crippen molar-refractivity contribution in [2.75, 3.05) is 13.2 Å². The summed E-state index contributed by atoms with van der Waals surface area (Å²) in [6.07, 6.45) is 8.40. The Morgan fingerprint density at radius 3 is 2.56 bits per heavy atom. The Balaban J connectivity index is 1.83. The summed E-state index contributed by atoms with van der Waals surface area (Å²) in [6.45, 7) is 10.2. The average Bonchev–Trinajstić information content (AvgIpc) is 3.42. The lowest BCUT2D eigenvalue weighted by atomic mass is 9.66. The largest absolute Gasteiger partial charge is 0.481 e. The van der Waals surface area contributed by atoms with Crippen LogP contribution in [0.2, 0.25) is 0 Å². The van der Waals surface area contributed by atoms with Crippen LogP contribution in [0.1, 0.15) is 65.7 Å². The lowest BCUT2D eigenvalue weighted by molar-refractivity contribution is -0.151. The van der Waals surface area contributed by atoms with Crippen LogP contribution in [0.4, 0.5) is 0 Å². The number of hydrogen-bond acceptors (Lipinski definition) is 5. The van der Waals surface area contributed by atoms with Gasteiger partial charge < -0.3 is 20.0 Å².